The SMILES string of the molecule is CCC(C(=O)Nc1cccc(C(C)=O)c1)c1ccccc1. The van der Waals surface area contributed by atoms with Crippen LogP contribution in [0.15, 0.2) is 54.6 Å². The first kappa shape index (κ1) is 15.0. The van der Waals surface area contributed by atoms with E-state index in [1.807, 2.05) is 37.3 Å². The van der Waals surface area contributed by atoms with E-state index in [4.69, 9.17) is 0 Å². The number of hydrogen-bond acceptors (Lipinski definition) is 2. The Bertz CT molecular complexity index is 635. The minimum atomic E-state index is -0.188. The largest absolute Gasteiger partial charge is 0.326 e. The minimum absolute atomic E-state index is 0.0128. The average Bonchev–Trinajstić information content (AvgIpc) is 2.49. The lowest BCUT2D eigenvalue weighted by molar-refractivity contribution is -0.117. The summed E-state index contributed by atoms with van der Waals surface area (Å²) < 4.78 is 0. The number of benzene rings is 2. The van der Waals surface area contributed by atoms with Crippen LogP contribution >= 0.6 is 0 Å². The second-order valence-electron chi connectivity index (χ2n) is 5.00. The molecule has 108 valence electrons. The molecule has 3 heteroatoms. The molecule has 0 aliphatic heterocycles. The van der Waals surface area contributed by atoms with Crippen molar-refractivity contribution in [3.8, 4) is 0 Å². The lowest BCUT2D eigenvalue weighted by Gasteiger charge is -2.15. The smallest absolute Gasteiger partial charge is 0.231 e. The predicted octanol–water partition coefficient (Wildman–Crippen LogP) is 4.02. The van der Waals surface area contributed by atoms with E-state index in [0.29, 0.717) is 11.3 Å². The summed E-state index contributed by atoms with van der Waals surface area (Å²) in [6, 6.07) is 16.7. The molecule has 0 radical (unpaired) electrons. The second kappa shape index (κ2) is 6.84. The van der Waals surface area contributed by atoms with Crippen molar-refractivity contribution in [3.05, 3.63) is 65.7 Å². The lowest BCUT2D eigenvalue weighted by atomic mass is 9.95. The topological polar surface area (TPSA) is 46.2 Å². The van der Waals surface area contributed by atoms with Crippen molar-refractivity contribution in [2.24, 2.45) is 0 Å². The summed E-state index contributed by atoms with van der Waals surface area (Å²) in [6.07, 6.45) is 0.724. The molecule has 2 aromatic rings. The Balaban J connectivity index is 2.16. The highest BCUT2D eigenvalue weighted by molar-refractivity contribution is 5.98. The standard InChI is InChI=1S/C18H19NO2/c1-3-17(14-8-5-4-6-9-14)18(21)19-16-11-7-10-15(12-16)13(2)20/h4-12,17H,3H2,1-2H3,(H,19,21). The first-order valence-electron chi connectivity index (χ1n) is 7.08. The number of ketones is 1. The Morgan fingerprint density at radius 1 is 1.05 bits per heavy atom. The Hall–Kier alpha value is -2.42. The summed E-state index contributed by atoms with van der Waals surface area (Å²) in [5, 5.41) is 2.90. The van der Waals surface area contributed by atoms with Gasteiger partial charge in [-0.15, -0.1) is 0 Å². The summed E-state index contributed by atoms with van der Waals surface area (Å²) in [5.74, 6) is -0.252. The summed E-state index contributed by atoms with van der Waals surface area (Å²) in [5.41, 5.74) is 2.25. The van der Waals surface area contributed by atoms with Crippen LogP contribution in [0.2, 0.25) is 0 Å². The van der Waals surface area contributed by atoms with Crippen molar-refractivity contribution < 1.29 is 9.59 Å². The van der Waals surface area contributed by atoms with Crippen molar-refractivity contribution in [3.63, 3.8) is 0 Å². The molecule has 0 spiro atoms. The van der Waals surface area contributed by atoms with Gasteiger partial charge in [-0.05, 0) is 31.0 Å². The van der Waals surface area contributed by atoms with Gasteiger partial charge >= 0.3 is 0 Å². The fourth-order valence-corrected chi connectivity index (χ4v) is 2.30. The Labute approximate surface area is 125 Å². The van der Waals surface area contributed by atoms with Gasteiger partial charge < -0.3 is 5.32 Å². The third-order valence-corrected chi connectivity index (χ3v) is 3.46. The molecule has 1 atom stereocenters. The van der Waals surface area contributed by atoms with Crippen molar-refractivity contribution in [1.29, 1.82) is 0 Å². The predicted molar refractivity (Wildman–Crippen MR) is 84.6 cm³/mol. The van der Waals surface area contributed by atoms with Gasteiger partial charge in [0.1, 0.15) is 0 Å². The maximum absolute atomic E-state index is 12.4. The number of hydrogen-bond donors (Lipinski definition) is 1. The molecule has 0 saturated heterocycles. The monoisotopic (exact) mass is 281 g/mol. The number of carbonyl (C=O) groups excluding carboxylic acids is 2. The van der Waals surface area contributed by atoms with E-state index in [-0.39, 0.29) is 17.6 Å². The first-order chi connectivity index (χ1) is 10.1. The molecule has 1 amide bonds. The fraction of sp³-hybridized carbons (Fsp3) is 0.222. The van der Waals surface area contributed by atoms with Crippen LogP contribution in [0.3, 0.4) is 0 Å². The Morgan fingerprint density at radius 2 is 1.76 bits per heavy atom. The highest BCUT2D eigenvalue weighted by Gasteiger charge is 2.18. The highest BCUT2D eigenvalue weighted by atomic mass is 16.2. The van der Waals surface area contributed by atoms with Crippen LogP contribution in [0.1, 0.15) is 42.1 Å². The summed E-state index contributed by atoms with van der Waals surface area (Å²) in [7, 11) is 0. The zero-order chi connectivity index (χ0) is 15.2. The van der Waals surface area contributed by atoms with Crippen LogP contribution < -0.4 is 5.32 Å². The second-order valence-corrected chi connectivity index (χ2v) is 5.00. The van der Waals surface area contributed by atoms with Gasteiger partial charge in [-0.25, -0.2) is 0 Å². The number of amides is 1. The Kier molecular flexibility index (Phi) is 4.88. The molecule has 2 aromatic carbocycles. The fourth-order valence-electron chi connectivity index (χ4n) is 2.30. The molecule has 1 N–H and O–H groups in total. The third-order valence-electron chi connectivity index (χ3n) is 3.46. The van der Waals surface area contributed by atoms with Crippen LogP contribution in [-0.4, -0.2) is 11.7 Å². The van der Waals surface area contributed by atoms with E-state index in [9.17, 15) is 9.59 Å². The van der Waals surface area contributed by atoms with Crippen LogP contribution in [0.5, 0.6) is 0 Å². The van der Waals surface area contributed by atoms with Crippen LogP contribution in [-0.2, 0) is 4.79 Å². The molecule has 0 heterocycles. The van der Waals surface area contributed by atoms with E-state index in [1.54, 1.807) is 24.3 Å². The zero-order valence-electron chi connectivity index (χ0n) is 12.3. The average molecular weight is 281 g/mol. The lowest BCUT2D eigenvalue weighted by Crippen LogP contribution is -2.20. The number of anilines is 1. The Morgan fingerprint density at radius 3 is 2.38 bits per heavy atom. The van der Waals surface area contributed by atoms with E-state index in [2.05, 4.69) is 5.32 Å². The van der Waals surface area contributed by atoms with Crippen molar-refractivity contribution >= 4 is 17.4 Å². The molecule has 2 rings (SSSR count). The summed E-state index contributed by atoms with van der Waals surface area (Å²) in [4.78, 5) is 23.8. The molecule has 0 fully saturated rings. The normalized spacial score (nSPS) is 11.7. The molecule has 0 saturated carbocycles. The van der Waals surface area contributed by atoms with Gasteiger partial charge in [0.25, 0.3) is 0 Å². The van der Waals surface area contributed by atoms with Gasteiger partial charge in [-0.2, -0.15) is 0 Å². The molecule has 0 aliphatic rings. The first-order valence-corrected chi connectivity index (χ1v) is 7.08. The summed E-state index contributed by atoms with van der Waals surface area (Å²) in [6.45, 7) is 3.50. The quantitative estimate of drug-likeness (QED) is 0.841. The molecule has 3 nitrogen and oxygen atoms in total. The third kappa shape index (κ3) is 3.78. The van der Waals surface area contributed by atoms with Gasteiger partial charge in [0, 0.05) is 11.3 Å². The molecule has 21 heavy (non-hydrogen) atoms. The van der Waals surface area contributed by atoms with Gasteiger partial charge in [0.05, 0.1) is 5.92 Å². The number of nitrogens with one attached hydrogen (secondary N) is 1. The molecular formula is C18H19NO2. The minimum Gasteiger partial charge on any atom is -0.326 e. The van der Waals surface area contributed by atoms with E-state index in [0.717, 1.165) is 12.0 Å². The molecule has 1 unspecified atom stereocenters. The van der Waals surface area contributed by atoms with Crippen LogP contribution in [0.4, 0.5) is 5.69 Å². The maximum Gasteiger partial charge on any atom is 0.231 e. The molecule has 0 aromatic heterocycles. The zero-order valence-corrected chi connectivity index (χ0v) is 12.3. The van der Waals surface area contributed by atoms with Crippen LogP contribution in [0.25, 0.3) is 0 Å². The molecular weight excluding hydrogens is 262 g/mol. The molecule has 0 bridgehead atoms. The van der Waals surface area contributed by atoms with Gasteiger partial charge in [-0.1, -0.05) is 49.4 Å². The van der Waals surface area contributed by atoms with Crippen molar-refractivity contribution in [1.82, 2.24) is 0 Å². The summed E-state index contributed by atoms with van der Waals surface area (Å²) >= 11 is 0. The van der Waals surface area contributed by atoms with E-state index in [1.165, 1.54) is 6.92 Å². The van der Waals surface area contributed by atoms with Crippen molar-refractivity contribution in [2.45, 2.75) is 26.2 Å². The van der Waals surface area contributed by atoms with Gasteiger partial charge in [0.15, 0.2) is 5.78 Å². The number of carbonyl (C=O) groups is 2. The molecule has 0 aliphatic carbocycles. The number of Topliss-reactive ketones (excluding diaryl/α,β-unsaturated/α-hetero) is 1. The number of rotatable bonds is 5. The van der Waals surface area contributed by atoms with E-state index >= 15 is 0 Å². The van der Waals surface area contributed by atoms with Crippen molar-refractivity contribution in [2.75, 3.05) is 5.32 Å². The van der Waals surface area contributed by atoms with Crippen LogP contribution in [0, 0.1) is 0 Å². The van der Waals surface area contributed by atoms with E-state index < -0.39 is 0 Å². The van der Waals surface area contributed by atoms with Gasteiger partial charge in [0.2, 0.25) is 5.91 Å². The maximum atomic E-state index is 12.4. The van der Waals surface area contributed by atoms with Gasteiger partial charge in [-0.3, -0.25) is 9.59 Å². The highest BCUT2D eigenvalue weighted by Crippen LogP contribution is 2.22.